The van der Waals surface area contributed by atoms with E-state index < -0.39 is 0 Å². The number of anilines is 1. The largest absolute Gasteiger partial charge is 0.398 e. The Labute approximate surface area is 128 Å². The molecular weight excluding hydrogens is 324 g/mol. The summed E-state index contributed by atoms with van der Waals surface area (Å²) in [6.45, 7) is 3.36. The first kappa shape index (κ1) is 16.9. The molecule has 0 saturated carbocycles. The predicted molar refractivity (Wildman–Crippen MR) is 82.8 cm³/mol. The van der Waals surface area contributed by atoms with Crippen molar-refractivity contribution in [2.24, 2.45) is 0 Å². The zero-order valence-electron chi connectivity index (χ0n) is 12.1. The average Bonchev–Trinajstić information content (AvgIpc) is 2.42. The Balaban J connectivity index is 2.99. The van der Waals surface area contributed by atoms with Crippen molar-refractivity contribution in [1.82, 2.24) is 4.90 Å². The van der Waals surface area contributed by atoms with Gasteiger partial charge in [0.2, 0.25) is 0 Å². The molecule has 0 bridgehead atoms. The molecule has 1 amide bonds. The molecule has 2 N–H and O–H groups in total. The second kappa shape index (κ2) is 8.24. The van der Waals surface area contributed by atoms with E-state index in [0.29, 0.717) is 31.0 Å². The number of carbonyl (C=O) groups is 1. The summed E-state index contributed by atoms with van der Waals surface area (Å²) in [6.07, 6.45) is 0. The fourth-order valence-corrected chi connectivity index (χ4v) is 2.27. The van der Waals surface area contributed by atoms with Crippen LogP contribution >= 0.6 is 15.9 Å². The Morgan fingerprint density at radius 3 is 2.70 bits per heavy atom. The molecule has 1 atom stereocenters. The van der Waals surface area contributed by atoms with Gasteiger partial charge in [-0.2, -0.15) is 0 Å². The van der Waals surface area contributed by atoms with Gasteiger partial charge in [0.25, 0.3) is 5.91 Å². The number of nitrogens with two attached hydrogens (primary N) is 1. The summed E-state index contributed by atoms with van der Waals surface area (Å²) in [5.41, 5.74) is 6.85. The number of carbonyl (C=O) groups excluding carboxylic acids is 1. The smallest absolute Gasteiger partial charge is 0.256 e. The van der Waals surface area contributed by atoms with Gasteiger partial charge in [-0.05, 0) is 25.1 Å². The van der Waals surface area contributed by atoms with E-state index in [4.69, 9.17) is 15.2 Å². The second-order valence-electron chi connectivity index (χ2n) is 4.53. The first-order chi connectivity index (χ1) is 9.51. The first-order valence-corrected chi connectivity index (χ1v) is 7.14. The van der Waals surface area contributed by atoms with E-state index in [1.165, 1.54) is 0 Å². The molecule has 0 aliphatic heterocycles. The van der Waals surface area contributed by atoms with Gasteiger partial charge in [-0.3, -0.25) is 4.79 Å². The van der Waals surface area contributed by atoms with E-state index in [2.05, 4.69) is 15.9 Å². The third kappa shape index (κ3) is 4.47. The number of hydrogen-bond acceptors (Lipinski definition) is 4. The van der Waals surface area contributed by atoms with E-state index in [1.54, 1.807) is 31.3 Å². The topological polar surface area (TPSA) is 64.8 Å². The van der Waals surface area contributed by atoms with Crippen LogP contribution in [0, 0.1) is 0 Å². The van der Waals surface area contributed by atoms with Crippen molar-refractivity contribution in [2.45, 2.75) is 13.0 Å². The van der Waals surface area contributed by atoms with Crippen LogP contribution in [0.1, 0.15) is 17.3 Å². The van der Waals surface area contributed by atoms with Crippen molar-refractivity contribution in [3.8, 4) is 0 Å². The van der Waals surface area contributed by atoms with Crippen molar-refractivity contribution >= 4 is 27.5 Å². The highest BCUT2D eigenvalue weighted by molar-refractivity contribution is 9.10. The molecule has 1 aromatic rings. The van der Waals surface area contributed by atoms with E-state index in [-0.39, 0.29) is 11.9 Å². The summed E-state index contributed by atoms with van der Waals surface area (Å²) in [7, 11) is 3.22. The van der Waals surface area contributed by atoms with Crippen LogP contribution in [0.2, 0.25) is 0 Å². The van der Waals surface area contributed by atoms with Gasteiger partial charge in [0.1, 0.15) is 0 Å². The summed E-state index contributed by atoms with van der Waals surface area (Å²) >= 11 is 3.36. The van der Waals surface area contributed by atoms with E-state index >= 15 is 0 Å². The fourth-order valence-electron chi connectivity index (χ4n) is 1.91. The molecule has 20 heavy (non-hydrogen) atoms. The van der Waals surface area contributed by atoms with E-state index in [1.807, 2.05) is 13.0 Å². The van der Waals surface area contributed by atoms with Crippen LogP contribution in [0.25, 0.3) is 0 Å². The molecule has 0 heterocycles. The van der Waals surface area contributed by atoms with E-state index in [9.17, 15) is 4.79 Å². The fraction of sp³-hybridized carbons (Fsp3) is 0.500. The number of nitrogen functional groups attached to an aromatic ring is 1. The summed E-state index contributed by atoms with van der Waals surface area (Å²) in [6, 6.07) is 5.20. The minimum atomic E-state index is -0.120. The zero-order chi connectivity index (χ0) is 15.1. The lowest BCUT2D eigenvalue weighted by Gasteiger charge is -2.29. The molecule has 1 aromatic carbocycles. The Bertz CT molecular complexity index is 454. The molecule has 1 rings (SSSR count). The van der Waals surface area contributed by atoms with Crippen LogP contribution < -0.4 is 5.73 Å². The maximum absolute atomic E-state index is 12.7. The summed E-state index contributed by atoms with van der Waals surface area (Å²) in [4.78, 5) is 14.4. The van der Waals surface area contributed by atoms with Gasteiger partial charge >= 0.3 is 0 Å². The van der Waals surface area contributed by atoms with Crippen molar-refractivity contribution in [3.63, 3.8) is 0 Å². The van der Waals surface area contributed by atoms with Gasteiger partial charge < -0.3 is 20.1 Å². The summed E-state index contributed by atoms with van der Waals surface area (Å²) in [5, 5.41) is 0. The molecule has 0 saturated heterocycles. The number of ether oxygens (including phenoxy) is 2. The minimum Gasteiger partial charge on any atom is -0.398 e. The first-order valence-electron chi connectivity index (χ1n) is 6.35. The number of benzene rings is 1. The molecule has 0 aromatic heterocycles. The molecule has 0 aliphatic carbocycles. The van der Waals surface area contributed by atoms with Gasteiger partial charge in [0, 0.05) is 30.9 Å². The zero-order valence-corrected chi connectivity index (χ0v) is 13.6. The number of methoxy groups -OCH3 is 2. The lowest BCUT2D eigenvalue weighted by Crippen LogP contribution is -2.43. The second-order valence-corrected chi connectivity index (χ2v) is 5.44. The van der Waals surface area contributed by atoms with Crippen LogP contribution in [0.5, 0.6) is 0 Å². The lowest BCUT2D eigenvalue weighted by molar-refractivity contribution is 0.0480. The molecule has 0 aliphatic rings. The lowest BCUT2D eigenvalue weighted by atomic mass is 10.1. The summed E-state index contributed by atoms with van der Waals surface area (Å²) in [5.74, 6) is -0.120. The quantitative estimate of drug-likeness (QED) is 0.769. The van der Waals surface area contributed by atoms with Crippen LogP contribution in [0.3, 0.4) is 0 Å². The Hall–Kier alpha value is -1.11. The molecular formula is C14H21BrN2O3. The van der Waals surface area contributed by atoms with Crippen LogP contribution in [0.4, 0.5) is 5.69 Å². The van der Waals surface area contributed by atoms with E-state index in [0.717, 1.165) is 4.47 Å². The Morgan fingerprint density at radius 1 is 1.40 bits per heavy atom. The van der Waals surface area contributed by atoms with Crippen molar-refractivity contribution in [3.05, 3.63) is 28.2 Å². The van der Waals surface area contributed by atoms with Crippen LogP contribution in [0.15, 0.2) is 22.7 Å². The highest BCUT2D eigenvalue weighted by Crippen LogP contribution is 2.21. The van der Waals surface area contributed by atoms with Crippen molar-refractivity contribution in [2.75, 3.05) is 39.7 Å². The molecule has 5 nitrogen and oxygen atoms in total. The van der Waals surface area contributed by atoms with Gasteiger partial charge in [0.05, 0.1) is 24.8 Å². The van der Waals surface area contributed by atoms with Crippen molar-refractivity contribution < 1.29 is 14.3 Å². The monoisotopic (exact) mass is 344 g/mol. The van der Waals surface area contributed by atoms with Gasteiger partial charge in [-0.25, -0.2) is 0 Å². The highest BCUT2D eigenvalue weighted by atomic mass is 79.9. The Morgan fingerprint density at radius 2 is 2.10 bits per heavy atom. The van der Waals surface area contributed by atoms with Crippen LogP contribution in [-0.4, -0.2) is 50.8 Å². The number of hydrogen-bond donors (Lipinski definition) is 1. The highest BCUT2D eigenvalue weighted by Gasteiger charge is 2.23. The normalized spacial score (nSPS) is 12.2. The van der Waals surface area contributed by atoms with Crippen LogP contribution in [-0.2, 0) is 9.47 Å². The van der Waals surface area contributed by atoms with Gasteiger partial charge in [-0.15, -0.1) is 0 Å². The molecule has 1 unspecified atom stereocenters. The number of nitrogens with zero attached hydrogens (tertiary/aromatic N) is 1. The Kier molecular flexibility index (Phi) is 6.98. The SMILES string of the molecule is COCCN(C(=O)c1cc(Br)ccc1N)C(C)COC. The average molecular weight is 345 g/mol. The molecule has 0 spiro atoms. The number of halogens is 1. The third-order valence-corrected chi connectivity index (χ3v) is 3.48. The number of amides is 1. The molecule has 0 fully saturated rings. The predicted octanol–water partition coefficient (Wildman–Crippen LogP) is 2.15. The van der Waals surface area contributed by atoms with Gasteiger partial charge in [-0.1, -0.05) is 15.9 Å². The summed E-state index contributed by atoms with van der Waals surface area (Å²) < 4.78 is 11.0. The third-order valence-electron chi connectivity index (χ3n) is 2.98. The van der Waals surface area contributed by atoms with Crippen molar-refractivity contribution in [1.29, 1.82) is 0 Å². The molecule has 112 valence electrons. The molecule has 6 heteroatoms. The minimum absolute atomic E-state index is 0.0546. The van der Waals surface area contributed by atoms with Gasteiger partial charge in [0.15, 0.2) is 0 Å². The maximum Gasteiger partial charge on any atom is 0.256 e. The standard InChI is InChI=1S/C14H21BrN2O3/c1-10(9-20-3)17(6-7-19-2)14(18)12-8-11(15)4-5-13(12)16/h4-5,8,10H,6-7,9,16H2,1-3H3. The number of rotatable bonds is 7. The maximum atomic E-state index is 12.7. The molecule has 0 radical (unpaired) electrons.